The highest BCUT2D eigenvalue weighted by atomic mass is 16.6. The highest BCUT2D eigenvalue weighted by molar-refractivity contribution is 5.90. The Labute approximate surface area is 167 Å². The van der Waals surface area contributed by atoms with Crippen LogP contribution in [0.3, 0.4) is 0 Å². The summed E-state index contributed by atoms with van der Waals surface area (Å²) in [6, 6.07) is 11.0. The monoisotopic (exact) mass is 402 g/mol. The van der Waals surface area contributed by atoms with Crippen molar-refractivity contribution in [2.75, 3.05) is 27.4 Å². The maximum Gasteiger partial charge on any atom is 0.338 e. The van der Waals surface area contributed by atoms with E-state index in [0.29, 0.717) is 13.2 Å². The molecule has 0 saturated heterocycles. The van der Waals surface area contributed by atoms with Crippen LogP contribution in [-0.2, 0) is 16.1 Å². The number of hydrogen-bond acceptors (Lipinski definition) is 7. The molecule has 0 heterocycles. The van der Waals surface area contributed by atoms with Gasteiger partial charge in [-0.2, -0.15) is 0 Å². The molecule has 2 aromatic carbocycles. The number of nitro benzene ring substituents is 1. The Bertz CT molecular complexity index is 881. The van der Waals surface area contributed by atoms with Gasteiger partial charge in [0.1, 0.15) is 5.75 Å². The normalized spacial score (nSPS) is 10.2. The molecular weight excluding hydrogens is 380 g/mol. The lowest BCUT2D eigenvalue weighted by atomic mass is 10.2. The Balaban J connectivity index is 2.00. The Morgan fingerprint density at radius 2 is 1.79 bits per heavy atom. The van der Waals surface area contributed by atoms with E-state index in [4.69, 9.17) is 9.47 Å². The van der Waals surface area contributed by atoms with Gasteiger partial charge in [-0.3, -0.25) is 14.9 Å². The van der Waals surface area contributed by atoms with E-state index in [-0.39, 0.29) is 23.8 Å². The number of hydrogen-bond donors (Lipinski definition) is 0. The third kappa shape index (κ3) is 5.93. The summed E-state index contributed by atoms with van der Waals surface area (Å²) in [6.07, 6.45) is 0. The number of likely N-dealkylation sites (N-methyl/N-ethyl adjacent to an activating group) is 1. The van der Waals surface area contributed by atoms with Crippen LogP contribution in [0.4, 0.5) is 5.69 Å². The molecule has 29 heavy (non-hydrogen) atoms. The minimum atomic E-state index is -0.703. The predicted molar refractivity (Wildman–Crippen MR) is 104 cm³/mol. The number of amides is 1. The molecule has 9 heteroatoms. The Kier molecular flexibility index (Phi) is 7.53. The van der Waals surface area contributed by atoms with Gasteiger partial charge in [0.2, 0.25) is 0 Å². The smallest absolute Gasteiger partial charge is 0.338 e. The van der Waals surface area contributed by atoms with Gasteiger partial charge < -0.3 is 19.1 Å². The zero-order valence-electron chi connectivity index (χ0n) is 16.4. The summed E-state index contributed by atoms with van der Waals surface area (Å²) in [7, 11) is 2.79. The fraction of sp³-hybridized carbons (Fsp3) is 0.300. The predicted octanol–water partition coefficient (Wildman–Crippen LogP) is 2.82. The van der Waals surface area contributed by atoms with E-state index in [1.807, 2.05) is 31.2 Å². The van der Waals surface area contributed by atoms with Crippen molar-refractivity contribution < 1.29 is 28.7 Å². The molecular formula is C20H22N2O7. The Morgan fingerprint density at radius 3 is 2.38 bits per heavy atom. The third-order valence-corrected chi connectivity index (χ3v) is 4.01. The lowest BCUT2D eigenvalue weighted by Gasteiger charge is -2.18. The number of benzene rings is 2. The number of carbonyl (C=O) groups excluding carboxylic acids is 2. The number of esters is 1. The summed E-state index contributed by atoms with van der Waals surface area (Å²) < 4.78 is 15.3. The van der Waals surface area contributed by atoms with Gasteiger partial charge in [-0.05, 0) is 36.8 Å². The maximum absolute atomic E-state index is 12.3. The summed E-state index contributed by atoms with van der Waals surface area (Å²) in [5.74, 6) is -0.419. The molecule has 9 nitrogen and oxygen atoms in total. The largest absolute Gasteiger partial charge is 0.494 e. The van der Waals surface area contributed by atoms with Crippen LogP contribution in [0.5, 0.6) is 11.5 Å². The first-order valence-electron chi connectivity index (χ1n) is 8.81. The number of nitro groups is 1. The molecule has 0 spiro atoms. The number of ether oxygens (including phenoxy) is 3. The van der Waals surface area contributed by atoms with Crippen LogP contribution in [0.2, 0.25) is 0 Å². The standard InChI is InChI=1S/C20H22N2O7/c1-4-28-16-8-5-14(6-9-16)12-21(2)19(23)13-29-18-10-7-15(20(24)27-3)11-17(18)22(25)26/h5-11H,4,12-13H2,1-3H3. The van der Waals surface area contributed by atoms with E-state index in [2.05, 4.69) is 4.74 Å². The second kappa shape index (κ2) is 10.1. The van der Waals surface area contributed by atoms with Gasteiger partial charge in [0, 0.05) is 19.7 Å². The van der Waals surface area contributed by atoms with Crippen molar-refractivity contribution in [2.24, 2.45) is 0 Å². The Hall–Kier alpha value is -3.62. The highest BCUT2D eigenvalue weighted by Crippen LogP contribution is 2.28. The van der Waals surface area contributed by atoms with Crippen LogP contribution in [0.1, 0.15) is 22.8 Å². The topological polar surface area (TPSA) is 108 Å². The first kappa shape index (κ1) is 21.7. The van der Waals surface area contributed by atoms with Crippen LogP contribution < -0.4 is 9.47 Å². The zero-order valence-corrected chi connectivity index (χ0v) is 16.4. The lowest BCUT2D eigenvalue weighted by Crippen LogP contribution is -2.31. The van der Waals surface area contributed by atoms with Crippen LogP contribution in [-0.4, -0.2) is 49.1 Å². The molecule has 2 aromatic rings. The van der Waals surface area contributed by atoms with Crippen molar-refractivity contribution in [1.82, 2.24) is 4.90 Å². The van der Waals surface area contributed by atoms with Gasteiger partial charge in [0.15, 0.2) is 12.4 Å². The SMILES string of the molecule is CCOc1ccc(CN(C)C(=O)COc2ccc(C(=O)OC)cc2[N+](=O)[O-])cc1. The summed E-state index contributed by atoms with van der Waals surface area (Å²) in [5, 5.41) is 11.2. The minimum Gasteiger partial charge on any atom is -0.494 e. The molecule has 0 aliphatic heterocycles. The second-order valence-electron chi connectivity index (χ2n) is 6.05. The zero-order chi connectivity index (χ0) is 21.4. The van der Waals surface area contributed by atoms with Crippen LogP contribution in [0.25, 0.3) is 0 Å². The molecule has 154 valence electrons. The third-order valence-electron chi connectivity index (χ3n) is 4.01. The van der Waals surface area contributed by atoms with E-state index in [1.54, 1.807) is 7.05 Å². The van der Waals surface area contributed by atoms with Gasteiger partial charge in [-0.1, -0.05) is 12.1 Å². The van der Waals surface area contributed by atoms with Gasteiger partial charge >= 0.3 is 11.7 Å². The maximum atomic E-state index is 12.3. The average molecular weight is 402 g/mol. The van der Waals surface area contributed by atoms with E-state index in [1.165, 1.54) is 24.1 Å². The molecule has 0 aromatic heterocycles. The second-order valence-corrected chi connectivity index (χ2v) is 6.05. The molecule has 0 radical (unpaired) electrons. The first-order valence-corrected chi connectivity index (χ1v) is 8.81. The fourth-order valence-corrected chi connectivity index (χ4v) is 2.50. The molecule has 2 rings (SSSR count). The minimum absolute atomic E-state index is 0.0190. The van der Waals surface area contributed by atoms with Gasteiger partial charge in [-0.25, -0.2) is 4.79 Å². The quantitative estimate of drug-likeness (QED) is 0.360. The first-order chi connectivity index (χ1) is 13.8. The molecule has 0 aliphatic rings. The van der Waals surface area contributed by atoms with Crippen LogP contribution in [0, 0.1) is 10.1 Å². The lowest BCUT2D eigenvalue weighted by molar-refractivity contribution is -0.385. The van der Waals surface area contributed by atoms with Crippen molar-refractivity contribution in [3.8, 4) is 11.5 Å². The molecule has 1 amide bonds. The van der Waals surface area contributed by atoms with E-state index < -0.39 is 16.6 Å². The van der Waals surface area contributed by atoms with Crippen molar-refractivity contribution in [3.63, 3.8) is 0 Å². The highest BCUT2D eigenvalue weighted by Gasteiger charge is 2.20. The van der Waals surface area contributed by atoms with Crippen LogP contribution >= 0.6 is 0 Å². The van der Waals surface area contributed by atoms with Crippen LogP contribution in [0.15, 0.2) is 42.5 Å². The number of nitrogens with zero attached hydrogens (tertiary/aromatic N) is 2. The van der Waals surface area contributed by atoms with E-state index in [0.717, 1.165) is 17.4 Å². The van der Waals surface area contributed by atoms with Crippen molar-refractivity contribution >= 4 is 17.6 Å². The fourth-order valence-electron chi connectivity index (χ4n) is 2.50. The molecule has 0 fully saturated rings. The number of carbonyl (C=O) groups is 2. The molecule has 0 unspecified atom stereocenters. The summed E-state index contributed by atoms with van der Waals surface area (Å²) in [5.41, 5.74) is 0.498. The molecule has 0 N–H and O–H groups in total. The molecule has 0 atom stereocenters. The Morgan fingerprint density at radius 1 is 1.10 bits per heavy atom. The van der Waals surface area contributed by atoms with Crippen molar-refractivity contribution in [2.45, 2.75) is 13.5 Å². The summed E-state index contributed by atoms with van der Waals surface area (Å²) in [6.45, 7) is 2.43. The van der Waals surface area contributed by atoms with Crippen molar-refractivity contribution in [1.29, 1.82) is 0 Å². The molecule has 0 bridgehead atoms. The van der Waals surface area contributed by atoms with Gasteiger partial charge in [0.05, 0.1) is 24.2 Å². The van der Waals surface area contributed by atoms with E-state index >= 15 is 0 Å². The van der Waals surface area contributed by atoms with Crippen molar-refractivity contribution in [3.05, 3.63) is 63.7 Å². The summed E-state index contributed by atoms with van der Waals surface area (Å²) in [4.78, 5) is 35.9. The number of rotatable bonds is 9. The molecule has 0 saturated carbocycles. The average Bonchev–Trinajstić information content (AvgIpc) is 2.72. The van der Waals surface area contributed by atoms with E-state index in [9.17, 15) is 19.7 Å². The summed E-state index contributed by atoms with van der Waals surface area (Å²) >= 11 is 0. The van der Waals surface area contributed by atoms with Gasteiger partial charge in [0.25, 0.3) is 5.91 Å². The molecule has 0 aliphatic carbocycles. The van der Waals surface area contributed by atoms with Gasteiger partial charge in [-0.15, -0.1) is 0 Å². The number of methoxy groups -OCH3 is 1.